The van der Waals surface area contributed by atoms with Crippen molar-refractivity contribution in [1.29, 1.82) is 0 Å². The molecule has 0 aromatic heterocycles. The number of nitrogens with zero attached hydrogens (tertiary/aromatic N) is 2. The summed E-state index contributed by atoms with van der Waals surface area (Å²) in [7, 11) is 4.32. The van der Waals surface area contributed by atoms with Gasteiger partial charge in [0.2, 0.25) is 0 Å². The standard InChI is InChI=1S/C15H23Cl2N3/c1-19-5-3-4-14(19)10-20(2)15(9-18)11-6-12(16)8-13(17)7-11/h6-8,14-15H,3-5,9-10,18H2,1-2H3. The number of rotatable bonds is 5. The SMILES string of the molecule is CN1CCCC1CN(C)C(CN)c1cc(Cl)cc(Cl)c1. The summed E-state index contributed by atoms with van der Waals surface area (Å²) in [6.07, 6.45) is 2.54. The molecule has 1 aliphatic rings. The minimum atomic E-state index is 0.153. The molecule has 112 valence electrons. The van der Waals surface area contributed by atoms with Crippen molar-refractivity contribution in [2.24, 2.45) is 5.73 Å². The summed E-state index contributed by atoms with van der Waals surface area (Å²) in [4.78, 5) is 4.74. The zero-order chi connectivity index (χ0) is 14.7. The van der Waals surface area contributed by atoms with Gasteiger partial charge in [0.05, 0.1) is 0 Å². The fourth-order valence-corrected chi connectivity index (χ4v) is 3.55. The number of likely N-dealkylation sites (N-methyl/N-ethyl adjacent to an activating group) is 2. The number of hydrogen-bond donors (Lipinski definition) is 1. The first-order valence-corrected chi connectivity index (χ1v) is 7.83. The maximum atomic E-state index is 6.10. The van der Waals surface area contributed by atoms with E-state index in [4.69, 9.17) is 28.9 Å². The zero-order valence-corrected chi connectivity index (χ0v) is 13.7. The molecular weight excluding hydrogens is 293 g/mol. The van der Waals surface area contributed by atoms with Crippen molar-refractivity contribution < 1.29 is 0 Å². The van der Waals surface area contributed by atoms with E-state index in [-0.39, 0.29) is 6.04 Å². The van der Waals surface area contributed by atoms with E-state index in [1.54, 1.807) is 6.07 Å². The van der Waals surface area contributed by atoms with Crippen LogP contribution in [0.1, 0.15) is 24.4 Å². The van der Waals surface area contributed by atoms with E-state index < -0.39 is 0 Å². The first-order chi connectivity index (χ1) is 9.51. The second-order valence-corrected chi connectivity index (χ2v) is 6.54. The van der Waals surface area contributed by atoms with E-state index in [2.05, 4.69) is 23.9 Å². The van der Waals surface area contributed by atoms with Crippen molar-refractivity contribution in [3.05, 3.63) is 33.8 Å². The van der Waals surface area contributed by atoms with Crippen molar-refractivity contribution in [2.45, 2.75) is 24.9 Å². The average molecular weight is 316 g/mol. The van der Waals surface area contributed by atoms with Gasteiger partial charge in [0.25, 0.3) is 0 Å². The van der Waals surface area contributed by atoms with Gasteiger partial charge in [0.15, 0.2) is 0 Å². The molecule has 0 spiro atoms. The van der Waals surface area contributed by atoms with Crippen molar-refractivity contribution in [1.82, 2.24) is 9.80 Å². The van der Waals surface area contributed by atoms with Gasteiger partial charge in [-0.3, -0.25) is 4.90 Å². The molecule has 20 heavy (non-hydrogen) atoms. The van der Waals surface area contributed by atoms with E-state index in [0.29, 0.717) is 22.6 Å². The molecule has 2 unspecified atom stereocenters. The molecule has 2 rings (SSSR count). The first-order valence-electron chi connectivity index (χ1n) is 7.07. The number of nitrogens with two attached hydrogens (primary N) is 1. The Kier molecular flexibility index (Phi) is 5.70. The Labute approximate surface area is 131 Å². The summed E-state index contributed by atoms with van der Waals surface area (Å²) in [5.74, 6) is 0. The molecule has 0 amide bonds. The summed E-state index contributed by atoms with van der Waals surface area (Å²) in [5.41, 5.74) is 7.06. The molecule has 1 aliphatic heterocycles. The molecule has 0 saturated carbocycles. The summed E-state index contributed by atoms with van der Waals surface area (Å²) in [5, 5.41) is 1.33. The fraction of sp³-hybridized carbons (Fsp3) is 0.600. The van der Waals surface area contributed by atoms with Gasteiger partial charge in [-0.2, -0.15) is 0 Å². The maximum Gasteiger partial charge on any atom is 0.0469 e. The predicted molar refractivity (Wildman–Crippen MR) is 86.5 cm³/mol. The van der Waals surface area contributed by atoms with E-state index >= 15 is 0 Å². The van der Waals surface area contributed by atoms with Gasteiger partial charge in [-0.15, -0.1) is 0 Å². The quantitative estimate of drug-likeness (QED) is 0.906. The van der Waals surface area contributed by atoms with Crippen molar-refractivity contribution in [3.8, 4) is 0 Å². The third-order valence-electron chi connectivity index (χ3n) is 4.20. The number of hydrogen-bond acceptors (Lipinski definition) is 3. The number of likely N-dealkylation sites (tertiary alicyclic amines) is 1. The van der Waals surface area contributed by atoms with Crippen LogP contribution in [0.2, 0.25) is 10.0 Å². The molecule has 2 N–H and O–H groups in total. The smallest absolute Gasteiger partial charge is 0.0469 e. The Morgan fingerprint density at radius 3 is 2.50 bits per heavy atom. The third-order valence-corrected chi connectivity index (χ3v) is 4.63. The minimum absolute atomic E-state index is 0.153. The number of benzene rings is 1. The van der Waals surface area contributed by atoms with E-state index in [0.717, 1.165) is 12.1 Å². The lowest BCUT2D eigenvalue weighted by atomic mass is 10.0. The Morgan fingerprint density at radius 1 is 1.35 bits per heavy atom. The van der Waals surface area contributed by atoms with Gasteiger partial charge in [-0.1, -0.05) is 23.2 Å². The van der Waals surface area contributed by atoms with Crippen LogP contribution >= 0.6 is 23.2 Å². The summed E-state index contributed by atoms with van der Waals surface area (Å²) in [6.45, 7) is 2.76. The van der Waals surface area contributed by atoms with Gasteiger partial charge in [-0.25, -0.2) is 0 Å². The van der Waals surface area contributed by atoms with Crippen LogP contribution in [0.25, 0.3) is 0 Å². The van der Waals surface area contributed by atoms with Crippen LogP contribution in [-0.4, -0.2) is 49.6 Å². The molecule has 0 bridgehead atoms. The Morgan fingerprint density at radius 2 is 2.00 bits per heavy atom. The van der Waals surface area contributed by atoms with Gasteiger partial charge in [-0.05, 0) is 57.2 Å². The van der Waals surface area contributed by atoms with Crippen molar-refractivity contribution in [3.63, 3.8) is 0 Å². The van der Waals surface area contributed by atoms with Crippen LogP contribution < -0.4 is 5.73 Å². The molecule has 0 aliphatic carbocycles. The lowest BCUT2D eigenvalue weighted by molar-refractivity contribution is 0.179. The van der Waals surface area contributed by atoms with Crippen LogP contribution in [0.3, 0.4) is 0 Å². The van der Waals surface area contributed by atoms with E-state index in [1.807, 2.05) is 12.1 Å². The molecule has 1 aromatic carbocycles. The van der Waals surface area contributed by atoms with E-state index in [9.17, 15) is 0 Å². The van der Waals surface area contributed by atoms with E-state index in [1.165, 1.54) is 19.4 Å². The van der Waals surface area contributed by atoms with Crippen LogP contribution in [-0.2, 0) is 0 Å². The maximum absolute atomic E-state index is 6.10. The average Bonchev–Trinajstić information content (AvgIpc) is 2.74. The van der Waals surface area contributed by atoms with Crippen molar-refractivity contribution >= 4 is 23.2 Å². The summed E-state index contributed by atoms with van der Waals surface area (Å²) >= 11 is 12.2. The summed E-state index contributed by atoms with van der Waals surface area (Å²) < 4.78 is 0. The predicted octanol–water partition coefficient (Wildman–Crippen LogP) is 3.02. The largest absolute Gasteiger partial charge is 0.329 e. The highest BCUT2D eigenvalue weighted by molar-refractivity contribution is 6.34. The third kappa shape index (κ3) is 3.86. The van der Waals surface area contributed by atoms with Crippen LogP contribution in [0, 0.1) is 0 Å². The van der Waals surface area contributed by atoms with Gasteiger partial charge in [0.1, 0.15) is 0 Å². The zero-order valence-electron chi connectivity index (χ0n) is 12.1. The Hall–Kier alpha value is -0.320. The van der Waals surface area contributed by atoms with Crippen molar-refractivity contribution in [2.75, 3.05) is 33.7 Å². The first kappa shape index (κ1) is 16.1. The molecule has 1 fully saturated rings. The highest BCUT2D eigenvalue weighted by Crippen LogP contribution is 2.27. The van der Waals surface area contributed by atoms with Gasteiger partial charge < -0.3 is 10.6 Å². The topological polar surface area (TPSA) is 32.5 Å². The lowest BCUT2D eigenvalue weighted by Gasteiger charge is -2.32. The van der Waals surface area contributed by atoms with Gasteiger partial charge >= 0.3 is 0 Å². The Bertz CT molecular complexity index is 432. The molecule has 2 atom stereocenters. The Balaban J connectivity index is 2.10. The van der Waals surface area contributed by atoms with Crippen LogP contribution in [0.15, 0.2) is 18.2 Å². The minimum Gasteiger partial charge on any atom is -0.329 e. The monoisotopic (exact) mass is 315 g/mol. The van der Waals surface area contributed by atoms with Crippen LogP contribution in [0.5, 0.6) is 0 Å². The number of halogens is 2. The second kappa shape index (κ2) is 7.10. The fourth-order valence-electron chi connectivity index (χ4n) is 3.01. The highest BCUT2D eigenvalue weighted by Gasteiger charge is 2.25. The van der Waals surface area contributed by atoms with Gasteiger partial charge in [0, 0.05) is 35.2 Å². The molecule has 0 radical (unpaired) electrons. The molecule has 1 saturated heterocycles. The molecule has 1 heterocycles. The molecular formula is C15H23Cl2N3. The molecule has 1 aromatic rings. The second-order valence-electron chi connectivity index (χ2n) is 5.67. The lowest BCUT2D eigenvalue weighted by Crippen LogP contribution is -2.40. The van der Waals surface area contributed by atoms with Crippen LogP contribution in [0.4, 0.5) is 0 Å². The normalized spacial score (nSPS) is 21.6. The summed E-state index contributed by atoms with van der Waals surface area (Å²) in [6, 6.07) is 6.44. The molecule has 3 nitrogen and oxygen atoms in total. The molecule has 5 heteroatoms. The highest BCUT2D eigenvalue weighted by atomic mass is 35.5.